The average molecular weight is 334 g/mol. The molecule has 1 fully saturated rings. The van der Waals surface area contributed by atoms with E-state index >= 15 is 0 Å². The molecule has 2 aromatic heterocycles. The first kappa shape index (κ1) is 12.5. The van der Waals surface area contributed by atoms with Crippen LogP contribution in [0.2, 0.25) is 0 Å². The van der Waals surface area contributed by atoms with E-state index in [0.717, 1.165) is 52.1 Å². The van der Waals surface area contributed by atoms with E-state index < -0.39 is 0 Å². The Balaban J connectivity index is 2.16. The predicted octanol–water partition coefficient (Wildman–Crippen LogP) is 4.64. The van der Waals surface area contributed by atoms with Crippen molar-refractivity contribution in [2.24, 2.45) is 0 Å². The Morgan fingerprint density at radius 2 is 1.80 bits per heavy atom. The van der Waals surface area contributed by atoms with Crippen molar-refractivity contribution < 1.29 is 8.83 Å². The molecule has 3 aromatic rings. The van der Waals surface area contributed by atoms with Crippen LogP contribution in [0.4, 0.5) is 0 Å². The van der Waals surface area contributed by atoms with Crippen LogP contribution in [0, 0.1) is 13.8 Å². The van der Waals surface area contributed by atoms with Crippen molar-refractivity contribution in [3.8, 4) is 0 Å². The van der Waals surface area contributed by atoms with E-state index in [4.69, 9.17) is 8.83 Å². The molecule has 1 aliphatic heterocycles. The molecule has 0 aliphatic carbocycles. The number of rotatable bonds is 1. The SMILES string of the molecule is Cc1cc2c(C3CCNC3)c3oc(C)cc3c(Br)c2o1. The van der Waals surface area contributed by atoms with Gasteiger partial charge >= 0.3 is 0 Å². The molecule has 3 nitrogen and oxygen atoms in total. The third kappa shape index (κ3) is 1.68. The summed E-state index contributed by atoms with van der Waals surface area (Å²) in [6.07, 6.45) is 1.15. The van der Waals surface area contributed by atoms with Crippen LogP contribution in [0.1, 0.15) is 29.4 Å². The van der Waals surface area contributed by atoms with Crippen molar-refractivity contribution in [2.45, 2.75) is 26.2 Å². The maximum Gasteiger partial charge on any atom is 0.149 e. The van der Waals surface area contributed by atoms with Crippen molar-refractivity contribution in [3.63, 3.8) is 0 Å². The van der Waals surface area contributed by atoms with Gasteiger partial charge < -0.3 is 14.2 Å². The van der Waals surface area contributed by atoms with E-state index in [9.17, 15) is 0 Å². The second kappa shape index (κ2) is 4.37. The van der Waals surface area contributed by atoms with Crippen LogP contribution >= 0.6 is 15.9 Å². The summed E-state index contributed by atoms with van der Waals surface area (Å²) in [4.78, 5) is 0. The molecule has 4 rings (SSSR count). The zero-order chi connectivity index (χ0) is 13.9. The molecule has 1 unspecified atom stereocenters. The Labute approximate surface area is 125 Å². The number of furan rings is 2. The van der Waals surface area contributed by atoms with Crippen molar-refractivity contribution >= 4 is 37.9 Å². The van der Waals surface area contributed by atoms with E-state index in [2.05, 4.69) is 33.4 Å². The fourth-order valence-electron chi connectivity index (χ4n) is 3.31. The van der Waals surface area contributed by atoms with Gasteiger partial charge in [0.15, 0.2) is 0 Å². The summed E-state index contributed by atoms with van der Waals surface area (Å²) in [5, 5.41) is 5.75. The third-order valence-corrected chi connectivity index (χ3v) is 4.94. The highest BCUT2D eigenvalue weighted by molar-refractivity contribution is 9.10. The number of hydrogen-bond acceptors (Lipinski definition) is 3. The molecule has 1 saturated heterocycles. The topological polar surface area (TPSA) is 38.3 Å². The predicted molar refractivity (Wildman–Crippen MR) is 83.4 cm³/mol. The lowest BCUT2D eigenvalue weighted by atomic mass is 9.93. The molecule has 4 heteroatoms. The third-order valence-electron chi connectivity index (χ3n) is 4.15. The van der Waals surface area contributed by atoms with Gasteiger partial charge in [0.2, 0.25) is 0 Å². The molecule has 0 spiro atoms. The van der Waals surface area contributed by atoms with Crippen molar-refractivity contribution in [2.75, 3.05) is 13.1 Å². The molecule has 0 saturated carbocycles. The molecule has 0 radical (unpaired) electrons. The fraction of sp³-hybridized carbons (Fsp3) is 0.375. The highest BCUT2D eigenvalue weighted by Crippen LogP contribution is 2.43. The lowest BCUT2D eigenvalue weighted by molar-refractivity contribution is 0.568. The van der Waals surface area contributed by atoms with Gasteiger partial charge in [-0.05, 0) is 54.9 Å². The van der Waals surface area contributed by atoms with Crippen LogP contribution in [-0.4, -0.2) is 13.1 Å². The maximum absolute atomic E-state index is 6.01. The molecular formula is C16H16BrNO2. The first-order chi connectivity index (χ1) is 9.65. The van der Waals surface area contributed by atoms with Gasteiger partial charge in [0, 0.05) is 28.8 Å². The van der Waals surface area contributed by atoms with Crippen molar-refractivity contribution in [3.05, 3.63) is 33.7 Å². The summed E-state index contributed by atoms with van der Waals surface area (Å²) in [7, 11) is 0. The molecule has 1 aliphatic rings. The normalized spacial score (nSPS) is 19.4. The first-order valence-corrected chi connectivity index (χ1v) is 7.77. The van der Waals surface area contributed by atoms with Crippen molar-refractivity contribution in [1.29, 1.82) is 0 Å². The summed E-state index contributed by atoms with van der Waals surface area (Å²) >= 11 is 3.68. The van der Waals surface area contributed by atoms with Gasteiger partial charge in [-0.1, -0.05) is 0 Å². The number of aryl methyl sites for hydroxylation is 2. The minimum absolute atomic E-state index is 0.496. The van der Waals surface area contributed by atoms with Gasteiger partial charge in [0.1, 0.15) is 22.7 Å². The van der Waals surface area contributed by atoms with E-state index in [1.165, 1.54) is 10.9 Å². The second-order valence-electron chi connectivity index (χ2n) is 5.62. The Hall–Kier alpha value is -1.26. The number of halogens is 1. The van der Waals surface area contributed by atoms with E-state index in [1.54, 1.807) is 0 Å². The zero-order valence-electron chi connectivity index (χ0n) is 11.5. The van der Waals surface area contributed by atoms with Crippen LogP contribution in [0.15, 0.2) is 25.4 Å². The number of fused-ring (bicyclic) bond motifs is 2. The van der Waals surface area contributed by atoms with E-state index in [0.29, 0.717) is 5.92 Å². The van der Waals surface area contributed by atoms with Gasteiger partial charge in [0.25, 0.3) is 0 Å². The minimum Gasteiger partial charge on any atom is -0.461 e. The molecule has 0 bridgehead atoms. The van der Waals surface area contributed by atoms with Crippen molar-refractivity contribution in [1.82, 2.24) is 5.32 Å². The molecule has 0 amide bonds. The lowest BCUT2D eigenvalue weighted by Gasteiger charge is -2.11. The van der Waals surface area contributed by atoms with E-state index in [1.807, 2.05) is 13.8 Å². The molecule has 104 valence electrons. The largest absolute Gasteiger partial charge is 0.461 e. The average Bonchev–Trinajstić information content (AvgIpc) is 3.09. The standard InChI is InChI=1S/C16H16BrNO2/c1-8-5-11-13(10-3-4-18-7-10)15-12(6-9(2)19-15)14(17)16(11)20-8/h5-6,10,18H,3-4,7H2,1-2H3. The van der Waals surface area contributed by atoms with E-state index in [-0.39, 0.29) is 0 Å². The van der Waals surface area contributed by atoms with Crippen LogP contribution in [0.25, 0.3) is 21.9 Å². The summed E-state index contributed by atoms with van der Waals surface area (Å²) in [5.74, 6) is 2.38. The summed E-state index contributed by atoms with van der Waals surface area (Å²) in [6, 6.07) is 4.22. The second-order valence-corrected chi connectivity index (χ2v) is 6.41. The highest BCUT2D eigenvalue weighted by Gasteiger charge is 2.26. The number of nitrogens with one attached hydrogen (secondary N) is 1. The Kier molecular flexibility index (Phi) is 2.72. The molecule has 20 heavy (non-hydrogen) atoms. The molecule has 1 aromatic carbocycles. The lowest BCUT2D eigenvalue weighted by Crippen LogP contribution is -2.08. The summed E-state index contributed by atoms with van der Waals surface area (Å²) in [6.45, 7) is 6.07. The quantitative estimate of drug-likeness (QED) is 0.705. The Morgan fingerprint density at radius 3 is 2.50 bits per heavy atom. The van der Waals surface area contributed by atoms with Gasteiger partial charge in [-0.3, -0.25) is 0 Å². The first-order valence-electron chi connectivity index (χ1n) is 6.97. The zero-order valence-corrected chi connectivity index (χ0v) is 13.1. The highest BCUT2D eigenvalue weighted by atomic mass is 79.9. The fourth-order valence-corrected chi connectivity index (χ4v) is 3.89. The van der Waals surface area contributed by atoms with Crippen LogP contribution < -0.4 is 5.32 Å². The summed E-state index contributed by atoms with van der Waals surface area (Å²) in [5.41, 5.74) is 3.25. The smallest absolute Gasteiger partial charge is 0.149 e. The minimum atomic E-state index is 0.496. The van der Waals surface area contributed by atoms with Gasteiger partial charge in [0.05, 0.1) is 4.47 Å². The summed E-state index contributed by atoms with van der Waals surface area (Å²) < 4.78 is 12.9. The molecule has 3 heterocycles. The molecule has 1 N–H and O–H groups in total. The Morgan fingerprint density at radius 1 is 1.10 bits per heavy atom. The number of hydrogen-bond donors (Lipinski definition) is 1. The monoisotopic (exact) mass is 333 g/mol. The van der Waals surface area contributed by atoms with Crippen LogP contribution in [0.3, 0.4) is 0 Å². The molecule has 1 atom stereocenters. The Bertz CT molecular complexity index is 751. The van der Waals surface area contributed by atoms with Crippen LogP contribution in [-0.2, 0) is 0 Å². The number of benzene rings is 1. The van der Waals surface area contributed by atoms with Gasteiger partial charge in [-0.2, -0.15) is 0 Å². The maximum atomic E-state index is 6.01. The van der Waals surface area contributed by atoms with Crippen LogP contribution in [0.5, 0.6) is 0 Å². The van der Waals surface area contributed by atoms with Gasteiger partial charge in [-0.25, -0.2) is 0 Å². The molecular weight excluding hydrogens is 318 g/mol. The van der Waals surface area contributed by atoms with Gasteiger partial charge in [-0.15, -0.1) is 0 Å².